The fraction of sp³-hybridized carbons (Fsp3) is 0.450. The molecule has 1 saturated carbocycles. The van der Waals surface area contributed by atoms with Crippen molar-refractivity contribution in [1.82, 2.24) is 24.4 Å². The van der Waals surface area contributed by atoms with Crippen molar-refractivity contribution in [2.45, 2.75) is 32.7 Å². The number of amides is 1. The fourth-order valence-electron chi connectivity index (χ4n) is 4.11. The van der Waals surface area contributed by atoms with Gasteiger partial charge in [-0.3, -0.25) is 14.0 Å². The third-order valence-corrected chi connectivity index (χ3v) is 5.74. The van der Waals surface area contributed by atoms with E-state index in [1.807, 2.05) is 0 Å². The van der Waals surface area contributed by atoms with Crippen molar-refractivity contribution < 1.29 is 4.79 Å². The van der Waals surface area contributed by atoms with Crippen molar-refractivity contribution in [3.8, 4) is 0 Å². The van der Waals surface area contributed by atoms with Crippen LogP contribution in [0.2, 0.25) is 0 Å². The van der Waals surface area contributed by atoms with Gasteiger partial charge in [0.25, 0.3) is 5.56 Å². The van der Waals surface area contributed by atoms with Gasteiger partial charge in [-0.25, -0.2) is 4.68 Å². The molecule has 0 radical (unpaired) electrons. The molecule has 0 bridgehead atoms. The number of aromatic nitrogens is 5. The number of nitrogens with one attached hydrogen (secondary N) is 1. The smallest absolute Gasteiger partial charge is 0.269 e. The van der Waals surface area contributed by atoms with E-state index >= 15 is 0 Å². The van der Waals surface area contributed by atoms with E-state index in [1.165, 1.54) is 11.1 Å². The second-order valence-electron chi connectivity index (χ2n) is 8.29. The zero-order valence-corrected chi connectivity index (χ0v) is 16.4. The molecule has 5 rings (SSSR count). The molecule has 2 fully saturated rings. The molecule has 2 unspecified atom stereocenters. The Hall–Kier alpha value is -3.23. The number of carbonyl (C=O) groups is 1. The third kappa shape index (κ3) is 3.37. The van der Waals surface area contributed by atoms with Gasteiger partial charge in [0.1, 0.15) is 12.9 Å². The molecule has 4 heterocycles. The minimum Gasteiger partial charge on any atom is -0.369 e. The molecule has 0 spiro atoms. The Morgan fingerprint density at radius 2 is 2.07 bits per heavy atom. The molecule has 2 aliphatic rings. The Kier molecular flexibility index (Phi) is 4.11. The van der Waals surface area contributed by atoms with Crippen LogP contribution in [0.1, 0.15) is 31.9 Å². The van der Waals surface area contributed by atoms with E-state index in [1.54, 1.807) is 35.1 Å². The molecular weight excluding hydrogens is 370 g/mol. The maximum atomic E-state index is 12.7. The molecule has 1 saturated heterocycles. The zero-order chi connectivity index (χ0) is 20.1. The fourth-order valence-corrected chi connectivity index (χ4v) is 4.11. The lowest BCUT2D eigenvalue weighted by Gasteiger charge is -2.24. The lowest BCUT2D eigenvalue weighted by atomic mass is 10.1. The number of piperidine rings is 1. The van der Waals surface area contributed by atoms with Crippen LogP contribution in [0.4, 0.5) is 11.4 Å². The molecule has 1 aliphatic heterocycles. The average Bonchev–Trinajstić information content (AvgIpc) is 3.08. The molecule has 9 heteroatoms. The summed E-state index contributed by atoms with van der Waals surface area (Å²) in [6.07, 6.45) is 4.59. The van der Waals surface area contributed by atoms with Crippen LogP contribution in [0.15, 0.2) is 35.5 Å². The van der Waals surface area contributed by atoms with Crippen molar-refractivity contribution >= 4 is 22.9 Å². The summed E-state index contributed by atoms with van der Waals surface area (Å²) in [5, 5.41) is 15.1. The standard InChI is InChI=1S/C20H23N7O2/c1-12(2)20-16(25-7-13-5-14(13)8-25)6-19(29)27(24-20)10-18(28)22-15-3-4-17-23-21-11-26(17)9-15/h3-4,6,9,11-14H,5,7-8,10H2,1-2H3,(H,22,28). The number of fused-ring (bicyclic) bond motifs is 2. The largest absolute Gasteiger partial charge is 0.369 e. The van der Waals surface area contributed by atoms with E-state index in [9.17, 15) is 9.59 Å². The van der Waals surface area contributed by atoms with Crippen LogP contribution in [0.5, 0.6) is 0 Å². The van der Waals surface area contributed by atoms with Crippen LogP contribution in [0.25, 0.3) is 5.65 Å². The normalized spacial score (nSPS) is 20.3. The van der Waals surface area contributed by atoms with E-state index in [0.29, 0.717) is 11.3 Å². The highest BCUT2D eigenvalue weighted by Crippen LogP contribution is 2.46. The Balaban J connectivity index is 1.36. The molecule has 1 aliphatic carbocycles. The highest BCUT2D eigenvalue weighted by atomic mass is 16.2. The van der Waals surface area contributed by atoms with Gasteiger partial charge in [-0.2, -0.15) is 5.10 Å². The summed E-state index contributed by atoms with van der Waals surface area (Å²) in [6, 6.07) is 5.16. The minimum atomic E-state index is -0.308. The minimum absolute atomic E-state index is 0.135. The van der Waals surface area contributed by atoms with Crippen LogP contribution in [-0.4, -0.2) is 43.4 Å². The first-order valence-corrected chi connectivity index (χ1v) is 9.94. The maximum absolute atomic E-state index is 12.7. The predicted octanol–water partition coefficient (Wildman–Crippen LogP) is 1.50. The highest BCUT2D eigenvalue weighted by Gasteiger charge is 2.45. The van der Waals surface area contributed by atoms with E-state index in [0.717, 1.165) is 36.3 Å². The highest BCUT2D eigenvalue weighted by molar-refractivity contribution is 5.90. The zero-order valence-electron chi connectivity index (χ0n) is 16.4. The Bertz CT molecular complexity index is 1140. The van der Waals surface area contributed by atoms with E-state index < -0.39 is 0 Å². The van der Waals surface area contributed by atoms with Crippen molar-refractivity contribution in [3.05, 3.63) is 46.8 Å². The average molecular weight is 393 g/mol. The number of nitrogens with zero attached hydrogens (tertiary/aromatic N) is 6. The predicted molar refractivity (Wildman–Crippen MR) is 108 cm³/mol. The van der Waals surface area contributed by atoms with Crippen LogP contribution in [0.3, 0.4) is 0 Å². The Labute approximate surface area is 167 Å². The number of carbonyl (C=O) groups excluding carboxylic acids is 1. The lowest BCUT2D eigenvalue weighted by molar-refractivity contribution is -0.117. The maximum Gasteiger partial charge on any atom is 0.269 e. The third-order valence-electron chi connectivity index (χ3n) is 5.74. The summed E-state index contributed by atoms with van der Waals surface area (Å²) < 4.78 is 2.97. The van der Waals surface area contributed by atoms with Crippen molar-refractivity contribution in [3.63, 3.8) is 0 Å². The van der Waals surface area contributed by atoms with Gasteiger partial charge < -0.3 is 10.2 Å². The van der Waals surface area contributed by atoms with Crippen molar-refractivity contribution in [2.75, 3.05) is 23.3 Å². The van der Waals surface area contributed by atoms with Gasteiger partial charge in [0.15, 0.2) is 5.65 Å². The van der Waals surface area contributed by atoms with Gasteiger partial charge >= 0.3 is 0 Å². The molecule has 1 amide bonds. The topological polar surface area (TPSA) is 97.4 Å². The number of anilines is 2. The molecule has 3 aromatic rings. The molecule has 29 heavy (non-hydrogen) atoms. The van der Waals surface area contributed by atoms with Gasteiger partial charge in [0, 0.05) is 25.4 Å². The number of pyridine rings is 1. The van der Waals surface area contributed by atoms with Crippen LogP contribution in [0, 0.1) is 11.8 Å². The first-order chi connectivity index (χ1) is 14.0. The molecule has 0 aromatic carbocycles. The molecule has 3 aromatic heterocycles. The summed E-state index contributed by atoms with van der Waals surface area (Å²) >= 11 is 0. The van der Waals surface area contributed by atoms with Gasteiger partial charge in [0.2, 0.25) is 5.91 Å². The van der Waals surface area contributed by atoms with Crippen LogP contribution in [-0.2, 0) is 11.3 Å². The SMILES string of the molecule is CC(C)c1nn(CC(=O)Nc2ccc3nncn3c2)c(=O)cc1N1CC2CC2C1. The summed E-state index contributed by atoms with van der Waals surface area (Å²) in [7, 11) is 0. The lowest BCUT2D eigenvalue weighted by Crippen LogP contribution is -2.33. The number of hydrogen-bond donors (Lipinski definition) is 1. The molecule has 9 nitrogen and oxygen atoms in total. The summed E-state index contributed by atoms with van der Waals surface area (Å²) in [5.41, 5.74) is 2.83. The van der Waals surface area contributed by atoms with E-state index in [-0.39, 0.29) is 23.9 Å². The molecular formula is C20H23N7O2. The van der Waals surface area contributed by atoms with E-state index in [4.69, 9.17) is 0 Å². The Morgan fingerprint density at radius 3 is 2.83 bits per heavy atom. The number of rotatable bonds is 5. The molecule has 1 N–H and O–H groups in total. The van der Waals surface area contributed by atoms with Gasteiger partial charge in [-0.15, -0.1) is 10.2 Å². The molecule has 150 valence electrons. The summed E-state index contributed by atoms with van der Waals surface area (Å²) in [5.74, 6) is 1.39. The first-order valence-electron chi connectivity index (χ1n) is 9.94. The molecule has 2 atom stereocenters. The summed E-state index contributed by atoms with van der Waals surface area (Å²) in [4.78, 5) is 27.5. The van der Waals surface area contributed by atoms with E-state index in [2.05, 4.69) is 39.4 Å². The number of hydrogen-bond acceptors (Lipinski definition) is 6. The van der Waals surface area contributed by atoms with Crippen molar-refractivity contribution in [1.29, 1.82) is 0 Å². The van der Waals surface area contributed by atoms with Gasteiger partial charge in [0.05, 0.1) is 17.1 Å². The second-order valence-corrected chi connectivity index (χ2v) is 8.29. The summed E-state index contributed by atoms with van der Waals surface area (Å²) in [6.45, 7) is 5.99. The first kappa shape index (κ1) is 17.8. The van der Waals surface area contributed by atoms with Crippen LogP contribution >= 0.6 is 0 Å². The second kappa shape index (κ2) is 6.68. The quantitative estimate of drug-likeness (QED) is 0.706. The monoisotopic (exact) mass is 393 g/mol. The Morgan fingerprint density at radius 1 is 1.28 bits per heavy atom. The van der Waals surface area contributed by atoms with Gasteiger partial charge in [-0.05, 0) is 36.3 Å². The van der Waals surface area contributed by atoms with Gasteiger partial charge in [-0.1, -0.05) is 13.8 Å². The van der Waals surface area contributed by atoms with Crippen LogP contribution < -0.4 is 15.8 Å². The van der Waals surface area contributed by atoms with Crippen molar-refractivity contribution in [2.24, 2.45) is 11.8 Å².